The first-order chi connectivity index (χ1) is 9.04. The van der Waals surface area contributed by atoms with Crippen molar-refractivity contribution >= 4 is 11.6 Å². The normalized spacial score (nSPS) is 10.5. The van der Waals surface area contributed by atoms with Gasteiger partial charge in [-0.3, -0.25) is 14.9 Å². The quantitative estimate of drug-likeness (QED) is 0.596. The first-order valence-corrected chi connectivity index (χ1v) is 6.29. The molecule has 1 aromatic heterocycles. The monoisotopic (exact) mass is 269 g/mol. The third-order valence-electron chi connectivity index (χ3n) is 2.82. The summed E-state index contributed by atoms with van der Waals surface area (Å²) in [6, 6.07) is 1.29. The number of nitrogens with zero attached hydrogens (tertiary/aromatic N) is 3. The Hall–Kier alpha value is -1.89. The average Bonchev–Trinajstić information content (AvgIpc) is 2.80. The summed E-state index contributed by atoms with van der Waals surface area (Å²) in [5.41, 5.74) is 0.209. The summed E-state index contributed by atoms with van der Waals surface area (Å²) in [4.78, 5) is 24.0. The van der Waals surface area contributed by atoms with Crippen LogP contribution >= 0.6 is 0 Å². The highest BCUT2D eigenvalue weighted by atomic mass is 16.6. The van der Waals surface area contributed by atoms with Gasteiger partial charge in [0, 0.05) is 25.7 Å². The molecule has 0 bridgehead atoms. The highest BCUT2D eigenvalue weighted by Crippen LogP contribution is 2.18. The lowest BCUT2D eigenvalue weighted by Gasteiger charge is -2.20. The van der Waals surface area contributed by atoms with Gasteiger partial charge in [-0.2, -0.15) is 0 Å². The van der Waals surface area contributed by atoms with Crippen LogP contribution in [0.4, 0.5) is 5.69 Å². The number of hydrogen-bond donors (Lipinski definition) is 1. The minimum atomic E-state index is -0.509. The molecule has 1 heterocycles. The van der Waals surface area contributed by atoms with E-state index in [1.807, 2.05) is 6.92 Å². The number of likely N-dealkylation sites (N-methyl/N-ethyl adjacent to an activating group) is 1. The number of carbonyl (C=O) groups is 1. The average molecular weight is 269 g/mol. The van der Waals surface area contributed by atoms with Gasteiger partial charge in [-0.15, -0.1) is 0 Å². The molecule has 0 spiro atoms. The summed E-state index contributed by atoms with van der Waals surface area (Å²) in [5.74, 6) is -0.293. The van der Waals surface area contributed by atoms with Crippen molar-refractivity contribution in [3.63, 3.8) is 0 Å². The van der Waals surface area contributed by atoms with Crippen LogP contribution in [0.3, 0.4) is 0 Å². The third-order valence-corrected chi connectivity index (χ3v) is 2.82. The molecule has 0 aliphatic rings. The summed E-state index contributed by atoms with van der Waals surface area (Å²) in [7, 11) is 0. The Labute approximate surface area is 111 Å². The number of amides is 1. The first kappa shape index (κ1) is 15.2. The molecule has 1 aromatic rings. The molecular formula is C12H19N3O4. The van der Waals surface area contributed by atoms with Gasteiger partial charge in [0.1, 0.15) is 5.69 Å². The van der Waals surface area contributed by atoms with E-state index in [0.717, 1.165) is 6.42 Å². The van der Waals surface area contributed by atoms with E-state index in [-0.39, 0.29) is 24.7 Å². The molecule has 0 saturated carbocycles. The molecule has 0 fully saturated rings. The Morgan fingerprint density at radius 2 is 2.21 bits per heavy atom. The van der Waals surface area contributed by atoms with Crippen LogP contribution in [-0.4, -0.2) is 45.1 Å². The minimum absolute atomic E-state index is 0.0862. The molecule has 7 nitrogen and oxygen atoms in total. The summed E-state index contributed by atoms with van der Waals surface area (Å²) in [5, 5.41) is 19.7. The number of aryl methyl sites for hydroxylation is 1. The van der Waals surface area contributed by atoms with E-state index in [1.165, 1.54) is 17.2 Å². The smallest absolute Gasteiger partial charge is 0.287 e. The first-order valence-electron chi connectivity index (χ1n) is 6.29. The van der Waals surface area contributed by atoms with Gasteiger partial charge in [-0.1, -0.05) is 6.92 Å². The molecule has 1 rings (SSSR count). The SMILES string of the molecule is CCCn1cc([N+](=O)[O-])cc1C(=O)N(CC)CCO. The molecule has 0 radical (unpaired) electrons. The fraction of sp³-hybridized carbons (Fsp3) is 0.583. The number of nitro groups is 1. The number of rotatable bonds is 7. The lowest BCUT2D eigenvalue weighted by Crippen LogP contribution is -2.34. The van der Waals surface area contributed by atoms with Crippen LogP contribution in [0.5, 0.6) is 0 Å². The van der Waals surface area contributed by atoms with E-state index >= 15 is 0 Å². The summed E-state index contributed by atoms with van der Waals surface area (Å²) < 4.78 is 1.60. The van der Waals surface area contributed by atoms with Crippen LogP contribution in [0.25, 0.3) is 0 Å². The van der Waals surface area contributed by atoms with Crippen molar-refractivity contribution in [3.05, 3.63) is 28.1 Å². The zero-order chi connectivity index (χ0) is 14.4. The van der Waals surface area contributed by atoms with Gasteiger partial charge >= 0.3 is 0 Å². The Bertz CT molecular complexity index is 456. The Balaban J connectivity index is 3.08. The molecule has 0 aromatic carbocycles. The highest BCUT2D eigenvalue weighted by molar-refractivity contribution is 5.93. The zero-order valence-corrected chi connectivity index (χ0v) is 11.2. The topological polar surface area (TPSA) is 88.6 Å². The number of hydrogen-bond acceptors (Lipinski definition) is 4. The van der Waals surface area contributed by atoms with E-state index in [4.69, 9.17) is 5.11 Å². The second kappa shape index (κ2) is 6.89. The van der Waals surface area contributed by atoms with E-state index < -0.39 is 4.92 Å². The van der Waals surface area contributed by atoms with Crippen LogP contribution in [-0.2, 0) is 6.54 Å². The molecule has 0 aliphatic carbocycles. The van der Waals surface area contributed by atoms with E-state index in [2.05, 4.69) is 0 Å². The maximum Gasteiger partial charge on any atom is 0.287 e. The van der Waals surface area contributed by atoms with Crippen molar-refractivity contribution in [3.8, 4) is 0 Å². The van der Waals surface area contributed by atoms with Crippen LogP contribution < -0.4 is 0 Å². The molecule has 0 saturated heterocycles. The Kier molecular flexibility index (Phi) is 5.50. The van der Waals surface area contributed by atoms with Crippen LogP contribution in [0, 0.1) is 10.1 Å². The van der Waals surface area contributed by atoms with Gasteiger partial charge in [0.15, 0.2) is 0 Å². The lowest BCUT2D eigenvalue weighted by atomic mass is 10.3. The fourth-order valence-corrected chi connectivity index (χ4v) is 1.89. The number of aromatic nitrogens is 1. The predicted molar refractivity (Wildman–Crippen MR) is 70.0 cm³/mol. The van der Waals surface area contributed by atoms with Crippen molar-refractivity contribution in [1.82, 2.24) is 9.47 Å². The predicted octanol–water partition coefficient (Wildman–Crippen LogP) is 1.26. The molecule has 7 heteroatoms. The summed E-state index contributed by atoms with van der Waals surface area (Å²) in [6.45, 7) is 4.83. The maximum absolute atomic E-state index is 12.3. The second-order valence-electron chi connectivity index (χ2n) is 4.14. The van der Waals surface area contributed by atoms with Gasteiger partial charge < -0.3 is 14.6 Å². The molecule has 0 atom stereocenters. The molecule has 0 aliphatic heterocycles. The van der Waals surface area contributed by atoms with Crippen LogP contribution in [0.1, 0.15) is 30.8 Å². The fourth-order valence-electron chi connectivity index (χ4n) is 1.89. The van der Waals surface area contributed by atoms with Gasteiger partial charge in [0.25, 0.3) is 11.6 Å². The zero-order valence-electron chi connectivity index (χ0n) is 11.2. The summed E-state index contributed by atoms with van der Waals surface area (Å²) >= 11 is 0. The molecule has 106 valence electrons. The maximum atomic E-state index is 12.3. The number of carbonyl (C=O) groups excluding carboxylic acids is 1. The largest absolute Gasteiger partial charge is 0.395 e. The Morgan fingerprint density at radius 3 is 2.68 bits per heavy atom. The third kappa shape index (κ3) is 3.54. The van der Waals surface area contributed by atoms with Gasteiger partial charge in [-0.25, -0.2) is 0 Å². The molecular weight excluding hydrogens is 250 g/mol. The molecule has 19 heavy (non-hydrogen) atoms. The standard InChI is InChI=1S/C12H19N3O4/c1-3-5-14-9-10(15(18)19)8-11(14)12(17)13(4-2)6-7-16/h8-9,16H,3-7H2,1-2H3. The van der Waals surface area contributed by atoms with Crippen LogP contribution in [0.2, 0.25) is 0 Å². The van der Waals surface area contributed by atoms with Crippen molar-refractivity contribution in [1.29, 1.82) is 0 Å². The lowest BCUT2D eigenvalue weighted by molar-refractivity contribution is -0.384. The van der Waals surface area contributed by atoms with Gasteiger partial charge in [-0.05, 0) is 13.3 Å². The van der Waals surface area contributed by atoms with Crippen molar-refractivity contribution in [2.45, 2.75) is 26.8 Å². The Morgan fingerprint density at radius 1 is 1.53 bits per heavy atom. The van der Waals surface area contributed by atoms with Crippen molar-refractivity contribution in [2.75, 3.05) is 19.7 Å². The highest BCUT2D eigenvalue weighted by Gasteiger charge is 2.22. The minimum Gasteiger partial charge on any atom is -0.395 e. The number of aliphatic hydroxyl groups excluding tert-OH is 1. The van der Waals surface area contributed by atoms with Crippen LogP contribution in [0.15, 0.2) is 12.3 Å². The van der Waals surface area contributed by atoms with Gasteiger partial charge in [0.2, 0.25) is 0 Å². The van der Waals surface area contributed by atoms with Crippen molar-refractivity contribution < 1.29 is 14.8 Å². The molecule has 0 unspecified atom stereocenters. The van der Waals surface area contributed by atoms with Gasteiger partial charge in [0.05, 0.1) is 17.7 Å². The van der Waals surface area contributed by atoms with Crippen molar-refractivity contribution in [2.24, 2.45) is 0 Å². The van der Waals surface area contributed by atoms with E-state index in [1.54, 1.807) is 11.5 Å². The molecule has 1 N–H and O–H groups in total. The summed E-state index contributed by atoms with van der Waals surface area (Å²) in [6.07, 6.45) is 2.15. The van der Waals surface area contributed by atoms with E-state index in [0.29, 0.717) is 18.8 Å². The van der Waals surface area contributed by atoms with E-state index in [9.17, 15) is 14.9 Å². The molecule has 1 amide bonds. The second-order valence-corrected chi connectivity index (χ2v) is 4.14. The number of aliphatic hydroxyl groups is 1.